The number of benzene rings is 2. The first-order valence-electron chi connectivity index (χ1n) is 5.75. The molecule has 0 fully saturated rings. The van der Waals surface area contributed by atoms with Crippen LogP contribution in [0.3, 0.4) is 0 Å². The summed E-state index contributed by atoms with van der Waals surface area (Å²) >= 11 is 0. The van der Waals surface area contributed by atoms with Crippen LogP contribution < -0.4 is 0 Å². The normalized spacial score (nSPS) is 12.0. The van der Waals surface area contributed by atoms with Crippen molar-refractivity contribution in [1.82, 2.24) is 0 Å². The first-order chi connectivity index (χ1) is 10.3. The Kier molecular flexibility index (Phi) is 4.32. The van der Waals surface area contributed by atoms with Gasteiger partial charge in [-0.05, 0) is 11.6 Å². The van der Waals surface area contributed by atoms with Gasteiger partial charge >= 0.3 is 0 Å². The largest absolute Gasteiger partial charge is 0.219 e. The summed E-state index contributed by atoms with van der Waals surface area (Å²) in [5, 5.41) is 0.376. The van der Waals surface area contributed by atoms with E-state index in [-0.39, 0.29) is 0 Å². The second-order valence-electron chi connectivity index (χ2n) is 4.16. The molecular formula is C14H7F5O2S. The zero-order valence-corrected chi connectivity index (χ0v) is 11.5. The minimum atomic E-state index is -4.86. The molecular weight excluding hydrogens is 327 g/mol. The highest BCUT2D eigenvalue weighted by molar-refractivity contribution is 7.94. The molecule has 116 valence electrons. The van der Waals surface area contributed by atoms with Crippen LogP contribution in [-0.2, 0) is 9.84 Å². The predicted molar refractivity (Wildman–Crippen MR) is 68.9 cm³/mol. The number of hydrogen-bond acceptors (Lipinski definition) is 2. The topological polar surface area (TPSA) is 34.1 Å². The monoisotopic (exact) mass is 334 g/mol. The molecule has 0 aliphatic rings. The summed E-state index contributed by atoms with van der Waals surface area (Å²) in [5.74, 6) is -11.8. The number of rotatable bonds is 3. The molecule has 0 heterocycles. The van der Waals surface area contributed by atoms with Gasteiger partial charge in [0, 0.05) is 5.41 Å². The summed E-state index contributed by atoms with van der Waals surface area (Å²) in [7, 11) is -4.86. The van der Waals surface area contributed by atoms with E-state index in [1.165, 1.54) is 12.1 Å². The van der Waals surface area contributed by atoms with Gasteiger partial charge in [0.15, 0.2) is 23.3 Å². The molecule has 0 N–H and O–H groups in total. The number of hydrogen-bond donors (Lipinski definition) is 0. The van der Waals surface area contributed by atoms with Crippen molar-refractivity contribution in [3.63, 3.8) is 0 Å². The molecule has 22 heavy (non-hydrogen) atoms. The summed E-state index contributed by atoms with van der Waals surface area (Å²) in [6, 6.07) is 7.78. The van der Waals surface area contributed by atoms with Crippen LogP contribution in [0.1, 0.15) is 5.56 Å². The minimum Gasteiger partial charge on any atom is -0.219 e. The molecule has 0 aromatic heterocycles. The van der Waals surface area contributed by atoms with Crippen LogP contribution >= 0.6 is 0 Å². The third kappa shape index (κ3) is 2.87. The first-order valence-corrected chi connectivity index (χ1v) is 7.30. The Morgan fingerprint density at radius 3 is 1.68 bits per heavy atom. The summed E-state index contributed by atoms with van der Waals surface area (Å²) in [6.45, 7) is 0. The van der Waals surface area contributed by atoms with Crippen molar-refractivity contribution in [2.75, 3.05) is 0 Å². The van der Waals surface area contributed by atoms with Gasteiger partial charge < -0.3 is 0 Å². The summed E-state index contributed by atoms with van der Waals surface area (Å²) in [6.07, 6.45) is 0.980. The molecule has 8 heteroatoms. The van der Waals surface area contributed by atoms with Gasteiger partial charge in [-0.25, -0.2) is 30.4 Å². The molecule has 0 radical (unpaired) electrons. The van der Waals surface area contributed by atoms with Crippen molar-refractivity contribution >= 4 is 15.9 Å². The third-order valence-corrected chi connectivity index (χ3v) is 4.12. The van der Waals surface area contributed by atoms with E-state index in [4.69, 9.17) is 0 Å². The highest BCUT2D eigenvalue weighted by Crippen LogP contribution is 2.28. The van der Waals surface area contributed by atoms with Gasteiger partial charge in [-0.1, -0.05) is 30.3 Å². The van der Waals surface area contributed by atoms with E-state index in [0.29, 0.717) is 11.0 Å². The zero-order chi connectivity index (χ0) is 16.5. The van der Waals surface area contributed by atoms with E-state index < -0.39 is 43.8 Å². The van der Waals surface area contributed by atoms with E-state index in [2.05, 4.69) is 0 Å². The zero-order valence-electron chi connectivity index (χ0n) is 10.7. The predicted octanol–water partition coefficient (Wildman–Crippen LogP) is 3.83. The summed E-state index contributed by atoms with van der Waals surface area (Å²) in [4.78, 5) is -1.88. The summed E-state index contributed by atoms with van der Waals surface area (Å²) in [5.41, 5.74) is 0.370. The fourth-order valence-corrected chi connectivity index (χ4v) is 2.79. The molecule has 0 aliphatic carbocycles. The smallest absolute Gasteiger partial charge is 0.205 e. The Hall–Kier alpha value is -2.22. The fraction of sp³-hybridized carbons (Fsp3) is 0. The molecule has 2 rings (SSSR count). The molecule has 0 atom stereocenters. The van der Waals surface area contributed by atoms with Gasteiger partial charge in [0.1, 0.15) is 4.90 Å². The Bertz CT molecular complexity index is 816. The average molecular weight is 334 g/mol. The molecule has 0 aliphatic heterocycles. The van der Waals surface area contributed by atoms with Crippen LogP contribution in [0.2, 0.25) is 0 Å². The van der Waals surface area contributed by atoms with Gasteiger partial charge in [-0.3, -0.25) is 0 Å². The van der Waals surface area contributed by atoms with Crippen molar-refractivity contribution in [2.45, 2.75) is 4.90 Å². The van der Waals surface area contributed by atoms with Crippen LogP contribution in [0.25, 0.3) is 6.08 Å². The molecule has 2 nitrogen and oxygen atoms in total. The lowest BCUT2D eigenvalue weighted by atomic mass is 10.2. The van der Waals surface area contributed by atoms with Crippen LogP contribution in [0.4, 0.5) is 22.0 Å². The molecule has 0 unspecified atom stereocenters. The van der Waals surface area contributed by atoms with Crippen molar-refractivity contribution in [2.24, 2.45) is 0 Å². The van der Waals surface area contributed by atoms with Crippen molar-refractivity contribution in [3.05, 3.63) is 70.4 Å². The van der Waals surface area contributed by atoms with E-state index in [1.54, 1.807) is 18.2 Å². The van der Waals surface area contributed by atoms with E-state index in [0.717, 1.165) is 6.08 Å². The maximum atomic E-state index is 13.5. The maximum Gasteiger partial charge on any atom is 0.205 e. The van der Waals surface area contributed by atoms with Crippen LogP contribution in [0.15, 0.2) is 40.6 Å². The molecule has 0 bridgehead atoms. The van der Waals surface area contributed by atoms with Crippen LogP contribution in [0, 0.1) is 29.1 Å². The lowest BCUT2D eigenvalue weighted by Crippen LogP contribution is -2.11. The standard InChI is InChI=1S/C14H7F5O2S/c15-9-10(16)12(18)14(13(19)11(9)17)22(20,21)7-6-8-4-2-1-3-5-8/h1-7H/b7-6+. The number of halogens is 5. The SMILES string of the molecule is O=S(=O)(/C=C/c1ccccc1)c1c(F)c(F)c(F)c(F)c1F. The quantitative estimate of drug-likeness (QED) is 0.370. The Morgan fingerprint density at radius 1 is 0.727 bits per heavy atom. The summed E-state index contributed by atoms with van der Waals surface area (Å²) < 4.78 is 89.7. The van der Waals surface area contributed by atoms with Gasteiger partial charge in [-0.15, -0.1) is 0 Å². The third-order valence-electron chi connectivity index (χ3n) is 2.69. The Morgan fingerprint density at radius 2 is 1.18 bits per heavy atom. The molecule has 2 aromatic rings. The highest BCUT2D eigenvalue weighted by Gasteiger charge is 2.32. The Labute approximate surface area is 122 Å². The Balaban J connectivity index is 2.58. The molecule has 0 amide bonds. The highest BCUT2D eigenvalue weighted by atomic mass is 32.2. The van der Waals surface area contributed by atoms with Crippen LogP contribution in [0.5, 0.6) is 0 Å². The second-order valence-corrected chi connectivity index (χ2v) is 5.93. The molecule has 0 saturated carbocycles. The van der Waals surface area contributed by atoms with Crippen molar-refractivity contribution in [3.8, 4) is 0 Å². The second kappa shape index (κ2) is 5.88. The molecule has 2 aromatic carbocycles. The van der Waals surface area contributed by atoms with Gasteiger partial charge in [-0.2, -0.15) is 0 Å². The number of sulfone groups is 1. The van der Waals surface area contributed by atoms with Crippen molar-refractivity contribution in [1.29, 1.82) is 0 Å². The molecule has 0 spiro atoms. The lowest BCUT2D eigenvalue weighted by molar-refractivity contribution is 0.358. The van der Waals surface area contributed by atoms with E-state index in [1.807, 2.05) is 0 Å². The van der Waals surface area contributed by atoms with Gasteiger partial charge in [0.2, 0.25) is 15.7 Å². The van der Waals surface area contributed by atoms with E-state index in [9.17, 15) is 30.4 Å². The lowest BCUT2D eigenvalue weighted by Gasteiger charge is -2.06. The minimum absolute atomic E-state index is 0.370. The van der Waals surface area contributed by atoms with Gasteiger partial charge in [0.25, 0.3) is 0 Å². The van der Waals surface area contributed by atoms with E-state index >= 15 is 0 Å². The first kappa shape index (κ1) is 16.2. The fourth-order valence-electron chi connectivity index (χ4n) is 1.63. The van der Waals surface area contributed by atoms with Crippen molar-refractivity contribution < 1.29 is 30.4 Å². The average Bonchev–Trinajstić information content (AvgIpc) is 2.50. The van der Waals surface area contributed by atoms with Gasteiger partial charge in [0.05, 0.1) is 0 Å². The van der Waals surface area contributed by atoms with Crippen LogP contribution in [-0.4, -0.2) is 8.42 Å². The maximum absolute atomic E-state index is 13.5. The molecule has 0 saturated heterocycles.